The molecule has 1 fully saturated rings. The highest BCUT2D eigenvalue weighted by atomic mass is 35.5. The van der Waals surface area contributed by atoms with Crippen molar-refractivity contribution in [2.45, 2.75) is 6.42 Å². The van der Waals surface area contributed by atoms with E-state index in [4.69, 9.17) is 11.6 Å². The number of nitrogens with one attached hydrogen (secondary N) is 1. The zero-order chi connectivity index (χ0) is 17.3. The fraction of sp³-hybridized carbons (Fsp3) is 0.176. The van der Waals surface area contributed by atoms with Gasteiger partial charge in [-0.1, -0.05) is 17.7 Å². The van der Waals surface area contributed by atoms with Crippen molar-refractivity contribution >= 4 is 34.8 Å². The minimum absolute atomic E-state index is 0.157. The van der Waals surface area contributed by atoms with Gasteiger partial charge in [-0.15, -0.1) is 0 Å². The van der Waals surface area contributed by atoms with Crippen LogP contribution in [-0.4, -0.2) is 18.4 Å². The van der Waals surface area contributed by atoms with E-state index >= 15 is 0 Å². The predicted octanol–water partition coefficient (Wildman–Crippen LogP) is 3.61. The second-order valence-electron chi connectivity index (χ2n) is 5.42. The molecule has 1 saturated heterocycles. The molecule has 0 saturated carbocycles. The van der Waals surface area contributed by atoms with Crippen LogP contribution >= 0.6 is 11.6 Å². The van der Waals surface area contributed by atoms with Crippen LogP contribution in [0.4, 0.5) is 20.2 Å². The molecular weight excluding hydrogens is 338 g/mol. The first-order chi connectivity index (χ1) is 11.5. The number of nitrogens with zero attached hydrogens (tertiary/aromatic N) is 1. The number of hydrogen-bond donors (Lipinski definition) is 1. The Kier molecular flexibility index (Phi) is 4.49. The van der Waals surface area contributed by atoms with Gasteiger partial charge in [-0.3, -0.25) is 9.59 Å². The van der Waals surface area contributed by atoms with Crippen LogP contribution in [0.1, 0.15) is 6.42 Å². The Labute approximate surface area is 142 Å². The minimum atomic E-state index is -0.923. The molecule has 1 heterocycles. The normalized spacial score (nSPS) is 17.2. The number of hydrogen-bond acceptors (Lipinski definition) is 2. The van der Waals surface area contributed by atoms with Crippen LogP contribution < -0.4 is 10.2 Å². The van der Waals surface area contributed by atoms with Gasteiger partial charge < -0.3 is 10.2 Å². The number of amides is 2. The summed E-state index contributed by atoms with van der Waals surface area (Å²) in [5.74, 6) is -3.55. The fourth-order valence-electron chi connectivity index (χ4n) is 2.63. The van der Waals surface area contributed by atoms with Crippen molar-refractivity contribution in [3.63, 3.8) is 0 Å². The Bertz CT molecular complexity index is 813. The molecule has 2 aromatic rings. The van der Waals surface area contributed by atoms with Gasteiger partial charge in [0.15, 0.2) is 0 Å². The van der Waals surface area contributed by atoms with E-state index in [0.717, 1.165) is 12.1 Å². The summed E-state index contributed by atoms with van der Waals surface area (Å²) in [6.45, 7) is 0.364. The lowest BCUT2D eigenvalue weighted by molar-refractivity contribution is -0.129. The first-order valence-electron chi connectivity index (χ1n) is 7.28. The van der Waals surface area contributed by atoms with Gasteiger partial charge in [0.25, 0.3) is 0 Å². The molecule has 2 amide bonds. The number of halogens is 3. The number of rotatable bonds is 3. The molecule has 0 spiro atoms. The van der Waals surface area contributed by atoms with E-state index < -0.39 is 23.5 Å². The largest absolute Gasteiger partial charge is 0.323 e. The molecule has 124 valence electrons. The van der Waals surface area contributed by atoms with Gasteiger partial charge in [0, 0.05) is 23.3 Å². The second kappa shape index (κ2) is 6.57. The lowest BCUT2D eigenvalue weighted by Crippen LogP contribution is -2.33. The summed E-state index contributed by atoms with van der Waals surface area (Å²) in [5.41, 5.74) is 0.450. The maximum atomic E-state index is 13.6. The summed E-state index contributed by atoms with van der Waals surface area (Å²) < 4.78 is 26.5. The van der Waals surface area contributed by atoms with Crippen molar-refractivity contribution in [2.24, 2.45) is 5.92 Å². The molecule has 7 heteroatoms. The van der Waals surface area contributed by atoms with Crippen LogP contribution in [0, 0.1) is 17.6 Å². The summed E-state index contributed by atoms with van der Waals surface area (Å²) in [6.07, 6.45) is 0.306. The van der Waals surface area contributed by atoms with E-state index in [1.807, 2.05) is 0 Å². The zero-order valence-corrected chi connectivity index (χ0v) is 13.2. The Hall–Kier alpha value is -2.47. The SMILES string of the molecule is O=C(Nc1ccc(F)cc1F)[C@@H]1CCN(c2cccc(Cl)c2)C1=O. The van der Waals surface area contributed by atoms with Gasteiger partial charge in [-0.25, -0.2) is 8.78 Å². The molecule has 0 bridgehead atoms. The van der Waals surface area contributed by atoms with Crippen molar-refractivity contribution in [3.05, 3.63) is 59.1 Å². The highest BCUT2D eigenvalue weighted by Crippen LogP contribution is 2.28. The van der Waals surface area contributed by atoms with E-state index in [9.17, 15) is 18.4 Å². The smallest absolute Gasteiger partial charge is 0.239 e. The average molecular weight is 351 g/mol. The molecule has 2 aromatic carbocycles. The van der Waals surface area contributed by atoms with Crippen LogP contribution in [0.15, 0.2) is 42.5 Å². The van der Waals surface area contributed by atoms with E-state index in [0.29, 0.717) is 29.7 Å². The van der Waals surface area contributed by atoms with Gasteiger partial charge in [-0.2, -0.15) is 0 Å². The summed E-state index contributed by atoms with van der Waals surface area (Å²) in [4.78, 5) is 26.2. The third-order valence-corrected chi connectivity index (χ3v) is 4.07. The van der Waals surface area contributed by atoms with Crippen molar-refractivity contribution in [2.75, 3.05) is 16.8 Å². The third-order valence-electron chi connectivity index (χ3n) is 3.83. The molecule has 1 aliphatic rings. The Morgan fingerprint density at radius 1 is 1.21 bits per heavy atom. The fourth-order valence-corrected chi connectivity index (χ4v) is 2.82. The van der Waals surface area contributed by atoms with Crippen LogP contribution in [-0.2, 0) is 9.59 Å². The molecular formula is C17H13ClF2N2O2. The molecule has 4 nitrogen and oxygen atoms in total. The topological polar surface area (TPSA) is 49.4 Å². The van der Waals surface area contributed by atoms with E-state index in [2.05, 4.69) is 5.32 Å². The van der Waals surface area contributed by atoms with Crippen molar-refractivity contribution in [1.82, 2.24) is 0 Å². The minimum Gasteiger partial charge on any atom is -0.323 e. The molecule has 0 unspecified atom stereocenters. The Balaban J connectivity index is 1.74. The number of anilines is 2. The lowest BCUT2D eigenvalue weighted by Gasteiger charge is -2.17. The maximum Gasteiger partial charge on any atom is 0.239 e. The number of benzene rings is 2. The molecule has 24 heavy (non-hydrogen) atoms. The van der Waals surface area contributed by atoms with Crippen LogP contribution in [0.2, 0.25) is 5.02 Å². The first kappa shape index (κ1) is 16.4. The van der Waals surface area contributed by atoms with Gasteiger partial charge in [0.1, 0.15) is 17.6 Å². The van der Waals surface area contributed by atoms with Crippen LogP contribution in [0.3, 0.4) is 0 Å². The van der Waals surface area contributed by atoms with Gasteiger partial charge in [0.2, 0.25) is 11.8 Å². The molecule has 0 aromatic heterocycles. The Morgan fingerprint density at radius 2 is 2.00 bits per heavy atom. The van der Waals surface area contributed by atoms with E-state index in [1.54, 1.807) is 24.3 Å². The Morgan fingerprint density at radius 3 is 2.71 bits per heavy atom. The summed E-state index contributed by atoms with van der Waals surface area (Å²) in [6, 6.07) is 9.59. The standard InChI is InChI=1S/C17H13ClF2N2O2/c18-10-2-1-3-12(8-10)22-7-6-13(17(22)24)16(23)21-15-5-4-11(19)9-14(15)20/h1-5,8-9,13H,6-7H2,(H,21,23)/t13-/m0/s1. The highest BCUT2D eigenvalue weighted by Gasteiger charge is 2.37. The maximum absolute atomic E-state index is 13.6. The predicted molar refractivity (Wildman–Crippen MR) is 86.9 cm³/mol. The van der Waals surface area contributed by atoms with Crippen molar-refractivity contribution < 1.29 is 18.4 Å². The van der Waals surface area contributed by atoms with Crippen molar-refractivity contribution in [1.29, 1.82) is 0 Å². The number of carbonyl (C=O) groups excluding carboxylic acids is 2. The van der Waals surface area contributed by atoms with Gasteiger partial charge in [0.05, 0.1) is 5.69 Å². The van der Waals surface area contributed by atoms with Crippen LogP contribution in [0.25, 0.3) is 0 Å². The molecule has 0 aliphatic carbocycles. The molecule has 3 rings (SSSR count). The van der Waals surface area contributed by atoms with Gasteiger partial charge >= 0.3 is 0 Å². The molecule has 0 radical (unpaired) electrons. The highest BCUT2D eigenvalue weighted by molar-refractivity contribution is 6.31. The van der Waals surface area contributed by atoms with Gasteiger partial charge in [-0.05, 0) is 36.8 Å². The summed E-state index contributed by atoms with van der Waals surface area (Å²) in [5, 5.41) is 2.83. The third kappa shape index (κ3) is 3.23. The van der Waals surface area contributed by atoms with E-state index in [1.165, 1.54) is 4.90 Å². The zero-order valence-electron chi connectivity index (χ0n) is 12.4. The second-order valence-corrected chi connectivity index (χ2v) is 5.86. The first-order valence-corrected chi connectivity index (χ1v) is 7.66. The quantitative estimate of drug-likeness (QED) is 0.860. The van der Waals surface area contributed by atoms with Crippen LogP contribution in [0.5, 0.6) is 0 Å². The van der Waals surface area contributed by atoms with E-state index in [-0.39, 0.29) is 11.6 Å². The summed E-state index contributed by atoms with van der Waals surface area (Å²) in [7, 11) is 0. The molecule has 1 atom stereocenters. The monoisotopic (exact) mass is 350 g/mol. The summed E-state index contributed by atoms with van der Waals surface area (Å²) >= 11 is 5.92. The lowest BCUT2D eigenvalue weighted by atomic mass is 10.1. The van der Waals surface area contributed by atoms with Crippen molar-refractivity contribution in [3.8, 4) is 0 Å². The molecule has 1 aliphatic heterocycles. The number of carbonyl (C=O) groups is 2. The average Bonchev–Trinajstić information content (AvgIpc) is 2.92. The molecule has 1 N–H and O–H groups in total.